The first-order valence-corrected chi connectivity index (χ1v) is 6.35. The minimum atomic E-state index is 0.0524. The Morgan fingerprint density at radius 1 is 1.12 bits per heavy atom. The summed E-state index contributed by atoms with van der Waals surface area (Å²) in [5.74, 6) is 0. The maximum absolute atomic E-state index is 9.26. The molecule has 0 saturated heterocycles. The fourth-order valence-corrected chi connectivity index (χ4v) is 2.58. The van der Waals surface area contributed by atoms with Crippen molar-refractivity contribution in [1.82, 2.24) is 4.98 Å². The summed E-state index contributed by atoms with van der Waals surface area (Å²) in [5, 5.41) is 14.4. The second-order valence-corrected chi connectivity index (χ2v) is 4.63. The van der Waals surface area contributed by atoms with Gasteiger partial charge in [-0.2, -0.15) is 11.3 Å². The topological polar surface area (TPSA) is 33.1 Å². The lowest BCUT2D eigenvalue weighted by Crippen LogP contribution is -1.89. The third kappa shape index (κ3) is 1.84. The number of aliphatic hydroxyl groups excluding tert-OH is 1. The molecule has 0 amide bonds. The van der Waals surface area contributed by atoms with E-state index < -0.39 is 0 Å². The highest BCUT2D eigenvalue weighted by Crippen LogP contribution is 2.24. The zero-order chi connectivity index (χ0) is 11.7. The molecule has 0 radical (unpaired) electrons. The normalized spacial score (nSPS) is 10.9. The van der Waals surface area contributed by atoms with Crippen molar-refractivity contribution in [3.05, 3.63) is 52.7 Å². The van der Waals surface area contributed by atoms with Gasteiger partial charge in [0.05, 0.1) is 17.8 Å². The smallest absolute Gasteiger partial charge is 0.0718 e. The van der Waals surface area contributed by atoms with Gasteiger partial charge >= 0.3 is 0 Å². The van der Waals surface area contributed by atoms with Crippen LogP contribution in [0.25, 0.3) is 22.2 Å². The summed E-state index contributed by atoms with van der Waals surface area (Å²) >= 11 is 1.67. The van der Waals surface area contributed by atoms with Crippen molar-refractivity contribution < 1.29 is 5.11 Å². The number of hydrogen-bond acceptors (Lipinski definition) is 3. The number of nitrogens with zero attached hydrogens (tertiary/aromatic N) is 1. The summed E-state index contributed by atoms with van der Waals surface area (Å²) in [7, 11) is 0. The Hall–Kier alpha value is -1.71. The van der Waals surface area contributed by atoms with Crippen LogP contribution in [0.3, 0.4) is 0 Å². The molecule has 0 unspecified atom stereocenters. The van der Waals surface area contributed by atoms with E-state index in [1.54, 1.807) is 11.3 Å². The number of aliphatic hydroxyl groups is 1. The Kier molecular flexibility index (Phi) is 2.63. The third-order valence-electron chi connectivity index (χ3n) is 2.81. The minimum Gasteiger partial charge on any atom is -0.392 e. The largest absolute Gasteiger partial charge is 0.392 e. The number of thiophene rings is 1. The monoisotopic (exact) mass is 241 g/mol. The number of aromatic nitrogens is 1. The van der Waals surface area contributed by atoms with E-state index in [1.165, 1.54) is 0 Å². The van der Waals surface area contributed by atoms with Crippen LogP contribution in [0.4, 0.5) is 0 Å². The van der Waals surface area contributed by atoms with Crippen LogP contribution in [0.1, 0.15) is 5.56 Å². The highest BCUT2D eigenvalue weighted by atomic mass is 32.1. The predicted molar refractivity (Wildman–Crippen MR) is 71.0 cm³/mol. The lowest BCUT2D eigenvalue weighted by atomic mass is 10.1. The molecule has 1 aromatic carbocycles. The second kappa shape index (κ2) is 4.28. The molecule has 0 atom stereocenters. The SMILES string of the molecule is OCc1cccc2nc(-c3ccsc3)ccc12. The molecule has 0 spiro atoms. The summed E-state index contributed by atoms with van der Waals surface area (Å²) in [6.07, 6.45) is 0. The second-order valence-electron chi connectivity index (χ2n) is 3.85. The number of hydrogen-bond donors (Lipinski definition) is 1. The highest BCUT2D eigenvalue weighted by molar-refractivity contribution is 7.08. The summed E-state index contributed by atoms with van der Waals surface area (Å²) < 4.78 is 0. The average molecular weight is 241 g/mol. The molecule has 0 aliphatic rings. The Balaban J connectivity index is 2.21. The van der Waals surface area contributed by atoms with Gasteiger partial charge in [0.25, 0.3) is 0 Å². The van der Waals surface area contributed by atoms with Crippen LogP contribution in [-0.4, -0.2) is 10.1 Å². The molecule has 0 bridgehead atoms. The van der Waals surface area contributed by atoms with Crippen molar-refractivity contribution in [2.24, 2.45) is 0 Å². The van der Waals surface area contributed by atoms with Crippen molar-refractivity contribution in [3.63, 3.8) is 0 Å². The molecule has 3 rings (SSSR count). The molecule has 0 saturated carbocycles. The number of fused-ring (bicyclic) bond motifs is 1. The average Bonchev–Trinajstić information content (AvgIpc) is 2.91. The predicted octanol–water partition coefficient (Wildman–Crippen LogP) is 3.46. The highest BCUT2D eigenvalue weighted by Gasteiger charge is 2.04. The van der Waals surface area contributed by atoms with E-state index in [9.17, 15) is 5.11 Å². The van der Waals surface area contributed by atoms with Gasteiger partial charge in [0.15, 0.2) is 0 Å². The Morgan fingerprint density at radius 3 is 2.82 bits per heavy atom. The standard InChI is InChI=1S/C14H11NOS/c16-8-10-2-1-3-14-12(10)4-5-13(15-14)11-6-7-17-9-11/h1-7,9,16H,8H2. The molecule has 84 valence electrons. The number of pyridine rings is 1. The van der Waals surface area contributed by atoms with Crippen LogP contribution in [0.15, 0.2) is 47.2 Å². The van der Waals surface area contributed by atoms with Gasteiger partial charge < -0.3 is 5.11 Å². The van der Waals surface area contributed by atoms with Crippen LogP contribution < -0.4 is 0 Å². The lowest BCUT2D eigenvalue weighted by molar-refractivity contribution is 0.283. The molecule has 2 nitrogen and oxygen atoms in total. The number of rotatable bonds is 2. The van der Waals surface area contributed by atoms with Crippen LogP contribution in [0.5, 0.6) is 0 Å². The first kappa shape index (κ1) is 10.4. The van der Waals surface area contributed by atoms with E-state index in [1.807, 2.05) is 35.7 Å². The Morgan fingerprint density at radius 2 is 2.06 bits per heavy atom. The van der Waals surface area contributed by atoms with Crippen molar-refractivity contribution >= 4 is 22.2 Å². The molecular weight excluding hydrogens is 230 g/mol. The lowest BCUT2D eigenvalue weighted by Gasteiger charge is -2.04. The molecule has 2 aromatic heterocycles. The maximum atomic E-state index is 9.26. The Bertz CT molecular complexity index is 646. The van der Waals surface area contributed by atoms with Crippen molar-refractivity contribution in [2.45, 2.75) is 6.61 Å². The molecule has 17 heavy (non-hydrogen) atoms. The van der Waals surface area contributed by atoms with E-state index >= 15 is 0 Å². The van der Waals surface area contributed by atoms with Gasteiger partial charge in [0.2, 0.25) is 0 Å². The summed E-state index contributed by atoms with van der Waals surface area (Å²) in [6.45, 7) is 0.0524. The van der Waals surface area contributed by atoms with Gasteiger partial charge in [-0.25, -0.2) is 4.98 Å². The van der Waals surface area contributed by atoms with Gasteiger partial charge in [-0.1, -0.05) is 18.2 Å². The number of benzene rings is 1. The fourth-order valence-electron chi connectivity index (χ4n) is 1.93. The van der Waals surface area contributed by atoms with Gasteiger partial charge in [0.1, 0.15) is 0 Å². The van der Waals surface area contributed by atoms with Crippen LogP contribution in [0.2, 0.25) is 0 Å². The van der Waals surface area contributed by atoms with Gasteiger partial charge in [-0.05, 0) is 29.1 Å². The third-order valence-corrected chi connectivity index (χ3v) is 3.49. The zero-order valence-electron chi connectivity index (χ0n) is 9.13. The summed E-state index contributed by atoms with van der Waals surface area (Å²) in [6, 6.07) is 11.9. The first-order valence-electron chi connectivity index (χ1n) is 5.40. The van der Waals surface area contributed by atoms with Gasteiger partial charge in [-0.3, -0.25) is 0 Å². The zero-order valence-corrected chi connectivity index (χ0v) is 9.95. The van der Waals surface area contributed by atoms with E-state index in [0.29, 0.717) is 0 Å². The maximum Gasteiger partial charge on any atom is 0.0718 e. The van der Waals surface area contributed by atoms with Gasteiger partial charge in [0, 0.05) is 16.3 Å². The molecule has 2 heterocycles. The fraction of sp³-hybridized carbons (Fsp3) is 0.0714. The van der Waals surface area contributed by atoms with E-state index in [0.717, 1.165) is 27.7 Å². The summed E-state index contributed by atoms with van der Waals surface area (Å²) in [5.41, 5.74) is 3.98. The van der Waals surface area contributed by atoms with E-state index in [-0.39, 0.29) is 6.61 Å². The van der Waals surface area contributed by atoms with Crippen LogP contribution in [-0.2, 0) is 6.61 Å². The molecule has 3 heteroatoms. The molecule has 0 aliphatic heterocycles. The van der Waals surface area contributed by atoms with E-state index in [2.05, 4.69) is 16.4 Å². The van der Waals surface area contributed by atoms with Gasteiger partial charge in [-0.15, -0.1) is 0 Å². The molecule has 1 N–H and O–H groups in total. The molecule has 3 aromatic rings. The summed E-state index contributed by atoms with van der Waals surface area (Å²) in [4.78, 5) is 4.62. The van der Waals surface area contributed by atoms with Crippen molar-refractivity contribution in [3.8, 4) is 11.3 Å². The van der Waals surface area contributed by atoms with Crippen molar-refractivity contribution in [2.75, 3.05) is 0 Å². The van der Waals surface area contributed by atoms with Crippen LogP contribution in [0, 0.1) is 0 Å². The first-order chi connectivity index (χ1) is 8.38. The quantitative estimate of drug-likeness (QED) is 0.745. The molecular formula is C14H11NOS. The van der Waals surface area contributed by atoms with E-state index in [4.69, 9.17) is 0 Å². The minimum absolute atomic E-state index is 0.0524. The molecule has 0 aliphatic carbocycles. The Labute approximate surface area is 103 Å². The van der Waals surface area contributed by atoms with Crippen molar-refractivity contribution in [1.29, 1.82) is 0 Å². The molecule has 0 fully saturated rings. The van der Waals surface area contributed by atoms with Crippen LogP contribution >= 0.6 is 11.3 Å².